The molecule has 4 atom stereocenters. The lowest BCUT2D eigenvalue weighted by Crippen LogP contribution is -2.55. The van der Waals surface area contributed by atoms with Crippen LogP contribution >= 0.6 is 0 Å². The van der Waals surface area contributed by atoms with Crippen molar-refractivity contribution in [1.29, 1.82) is 0 Å². The number of methoxy groups -OCH3 is 2. The molecule has 0 spiro atoms. The molecule has 5 rings (SSSR count). The van der Waals surface area contributed by atoms with Gasteiger partial charge < -0.3 is 20.1 Å². The van der Waals surface area contributed by atoms with Gasteiger partial charge in [-0.05, 0) is 67.6 Å². The normalized spacial score (nSPS) is 27.8. The van der Waals surface area contributed by atoms with E-state index in [0.717, 1.165) is 62.4 Å². The van der Waals surface area contributed by atoms with Gasteiger partial charge in [-0.2, -0.15) is 0 Å². The molecule has 2 heterocycles. The van der Waals surface area contributed by atoms with Crippen molar-refractivity contribution in [3.63, 3.8) is 0 Å². The fraction of sp³-hybridized carbons (Fsp3) is 0.458. The average molecular weight is 443 g/mol. The summed E-state index contributed by atoms with van der Waals surface area (Å²) in [5.74, 6) is -0.415. The van der Waals surface area contributed by atoms with Crippen molar-refractivity contribution in [2.24, 2.45) is 0 Å². The molecule has 0 aromatic heterocycles. The molecule has 2 aliphatic heterocycles. The van der Waals surface area contributed by atoms with E-state index < -0.39 is 17.7 Å². The first-order chi connectivity index (χ1) is 15.4. The second kappa shape index (κ2) is 7.92. The number of hydrogen-bond donors (Lipinski definition) is 2. The van der Waals surface area contributed by atoms with Gasteiger partial charge in [-0.15, -0.1) is 0 Å². The summed E-state index contributed by atoms with van der Waals surface area (Å²) in [6.45, 7) is 1.88. The van der Waals surface area contributed by atoms with Crippen LogP contribution in [0, 0.1) is 11.6 Å². The van der Waals surface area contributed by atoms with Crippen molar-refractivity contribution in [3.05, 3.63) is 53.1 Å². The number of amides is 2. The number of carbonyl (C=O) groups is 1. The van der Waals surface area contributed by atoms with Crippen LogP contribution in [-0.2, 0) is 12.0 Å². The fourth-order valence-electron chi connectivity index (χ4n) is 5.93. The van der Waals surface area contributed by atoms with E-state index in [2.05, 4.69) is 27.7 Å². The van der Waals surface area contributed by atoms with E-state index in [1.165, 1.54) is 17.2 Å². The number of ether oxygens (including phenoxy) is 2. The zero-order chi connectivity index (χ0) is 22.5. The highest BCUT2D eigenvalue weighted by Gasteiger charge is 2.55. The standard InChI is InChI=1S/C24H27F2N3O3/c1-31-20-9-14-13-29-8-7-24(17(14)12-21(20)32-2)6-5-16(11-22(24)29)28-23(30)27-15-3-4-18(25)19(26)10-15/h3-4,9-10,12,16,22H,5-8,11,13H2,1-2H3,(H2,27,28,30)/t16-,22+,24+/m1/s1. The van der Waals surface area contributed by atoms with Gasteiger partial charge in [-0.3, -0.25) is 4.90 Å². The number of anilines is 1. The van der Waals surface area contributed by atoms with Crippen LogP contribution in [0.2, 0.25) is 0 Å². The molecule has 2 aromatic carbocycles. The minimum absolute atomic E-state index is 0.0146. The lowest BCUT2D eigenvalue weighted by Gasteiger charge is -2.49. The summed E-state index contributed by atoms with van der Waals surface area (Å²) in [4.78, 5) is 15.0. The van der Waals surface area contributed by atoms with Gasteiger partial charge in [0.05, 0.1) is 14.2 Å². The third-order valence-corrected chi connectivity index (χ3v) is 7.40. The van der Waals surface area contributed by atoms with E-state index in [1.807, 2.05) is 0 Å². The molecule has 32 heavy (non-hydrogen) atoms. The molecular weight excluding hydrogens is 416 g/mol. The Balaban J connectivity index is 1.32. The number of rotatable bonds is 4. The Bertz CT molecular complexity index is 1060. The lowest BCUT2D eigenvalue weighted by atomic mass is 9.62. The first-order valence-corrected chi connectivity index (χ1v) is 11.0. The highest BCUT2D eigenvalue weighted by Crippen LogP contribution is 2.55. The summed E-state index contributed by atoms with van der Waals surface area (Å²) in [5.41, 5.74) is 2.92. The van der Waals surface area contributed by atoms with Gasteiger partial charge in [0.25, 0.3) is 0 Å². The molecule has 1 aliphatic carbocycles. The van der Waals surface area contributed by atoms with E-state index >= 15 is 0 Å². The quantitative estimate of drug-likeness (QED) is 0.744. The van der Waals surface area contributed by atoms with Gasteiger partial charge >= 0.3 is 6.03 Å². The maximum absolute atomic E-state index is 13.4. The van der Waals surface area contributed by atoms with Crippen molar-refractivity contribution < 1.29 is 23.0 Å². The van der Waals surface area contributed by atoms with Crippen molar-refractivity contribution in [2.45, 2.75) is 49.7 Å². The SMILES string of the molecule is COc1cc2c(cc1OC)[C@@]13CC[C@@H](NC(=O)Nc4ccc(F)c(F)c4)C[C@@H]1N(CC3)C2. The summed E-state index contributed by atoms with van der Waals surface area (Å²) in [6.07, 6.45) is 3.75. The molecule has 2 bridgehead atoms. The maximum Gasteiger partial charge on any atom is 0.319 e. The first-order valence-electron chi connectivity index (χ1n) is 11.0. The molecule has 170 valence electrons. The minimum Gasteiger partial charge on any atom is -0.493 e. The Morgan fingerprint density at radius 1 is 1.09 bits per heavy atom. The van der Waals surface area contributed by atoms with E-state index in [0.29, 0.717) is 6.04 Å². The Morgan fingerprint density at radius 2 is 1.88 bits per heavy atom. The summed E-state index contributed by atoms with van der Waals surface area (Å²) in [5, 5.41) is 5.64. The summed E-state index contributed by atoms with van der Waals surface area (Å²) in [7, 11) is 3.32. The molecule has 1 unspecified atom stereocenters. The van der Waals surface area contributed by atoms with Gasteiger partial charge in [-0.1, -0.05) is 0 Å². The van der Waals surface area contributed by atoms with Crippen LogP contribution in [0.3, 0.4) is 0 Å². The Kier molecular flexibility index (Phi) is 5.20. The van der Waals surface area contributed by atoms with Gasteiger partial charge in [-0.25, -0.2) is 13.6 Å². The predicted molar refractivity (Wildman–Crippen MR) is 116 cm³/mol. The summed E-state index contributed by atoms with van der Waals surface area (Å²) in [6, 6.07) is 7.54. The second-order valence-corrected chi connectivity index (χ2v) is 8.96. The topological polar surface area (TPSA) is 62.8 Å². The van der Waals surface area contributed by atoms with Crippen LogP contribution in [0.25, 0.3) is 0 Å². The van der Waals surface area contributed by atoms with Gasteiger partial charge in [0.15, 0.2) is 23.1 Å². The molecule has 0 radical (unpaired) electrons. The molecule has 3 aliphatic rings. The van der Waals surface area contributed by atoms with E-state index in [9.17, 15) is 13.6 Å². The number of hydrogen-bond acceptors (Lipinski definition) is 4. The van der Waals surface area contributed by atoms with Gasteiger partial charge in [0.1, 0.15) is 0 Å². The Morgan fingerprint density at radius 3 is 2.62 bits per heavy atom. The largest absolute Gasteiger partial charge is 0.493 e. The zero-order valence-corrected chi connectivity index (χ0v) is 18.2. The minimum atomic E-state index is -0.986. The maximum atomic E-state index is 13.4. The molecule has 2 aromatic rings. The Hall–Kier alpha value is -2.87. The number of carbonyl (C=O) groups excluding carboxylic acids is 1. The molecular formula is C24H27F2N3O3. The molecule has 2 amide bonds. The van der Waals surface area contributed by atoms with Crippen molar-refractivity contribution in [2.75, 3.05) is 26.1 Å². The number of nitrogens with one attached hydrogen (secondary N) is 2. The van der Waals surface area contributed by atoms with Crippen LogP contribution < -0.4 is 20.1 Å². The smallest absolute Gasteiger partial charge is 0.319 e. The molecule has 6 nitrogen and oxygen atoms in total. The molecule has 1 saturated carbocycles. The average Bonchev–Trinajstić information content (AvgIpc) is 3.06. The van der Waals surface area contributed by atoms with Crippen molar-refractivity contribution >= 4 is 11.7 Å². The van der Waals surface area contributed by atoms with Crippen LogP contribution in [-0.4, -0.2) is 43.8 Å². The number of urea groups is 1. The monoisotopic (exact) mass is 443 g/mol. The molecule has 1 saturated heterocycles. The third-order valence-electron chi connectivity index (χ3n) is 7.40. The van der Waals surface area contributed by atoms with Gasteiger partial charge in [0.2, 0.25) is 0 Å². The van der Waals surface area contributed by atoms with E-state index in [1.54, 1.807) is 14.2 Å². The summed E-state index contributed by atoms with van der Waals surface area (Å²) >= 11 is 0. The van der Waals surface area contributed by atoms with Crippen molar-refractivity contribution in [3.8, 4) is 11.5 Å². The summed E-state index contributed by atoms with van der Waals surface area (Å²) < 4.78 is 37.6. The number of benzene rings is 2. The number of fused-ring (bicyclic) bond motifs is 1. The molecule has 2 fully saturated rings. The highest BCUT2D eigenvalue weighted by molar-refractivity contribution is 5.89. The number of halogens is 2. The van der Waals surface area contributed by atoms with Crippen LogP contribution in [0.1, 0.15) is 36.8 Å². The fourth-order valence-corrected chi connectivity index (χ4v) is 5.93. The highest BCUT2D eigenvalue weighted by atomic mass is 19.2. The van der Waals surface area contributed by atoms with E-state index in [4.69, 9.17) is 9.47 Å². The molecule has 8 heteroatoms. The third kappa shape index (κ3) is 3.37. The van der Waals surface area contributed by atoms with E-state index in [-0.39, 0.29) is 17.1 Å². The predicted octanol–water partition coefficient (Wildman–Crippen LogP) is 4.18. The molecule has 2 N–H and O–H groups in total. The van der Waals surface area contributed by atoms with Crippen LogP contribution in [0.15, 0.2) is 30.3 Å². The second-order valence-electron chi connectivity index (χ2n) is 8.96. The van der Waals surface area contributed by atoms with Crippen LogP contribution in [0.4, 0.5) is 19.3 Å². The number of nitrogens with zero attached hydrogens (tertiary/aromatic N) is 1. The van der Waals surface area contributed by atoms with Crippen LogP contribution in [0.5, 0.6) is 11.5 Å². The lowest BCUT2D eigenvalue weighted by molar-refractivity contribution is 0.114. The zero-order valence-electron chi connectivity index (χ0n) is 18.2. The van der Waals surface area contributed by atoms with Crippen molar-refractivity contribution in [1.82, 2.24) is 10.2 Å². The Labute approximate surface area is 185 Å². The van der Waals surface area contributed by atoms with Gasteiger partial charge in [0, 0.05) is 35.8 Å². The first kappa shape index (κ1) is 21.0.